The van der Waals surface area contributed by atoms with Gasteiger partial charge in [0.15, 0.2) is 0 Å². The third-order valence-electron chi connectivity index (χ3n) is 1.27. The second-order valence-corrected chi connectivity index (χ2v) is 2.98. The highest BCUT2D eigenvalue weighted by molar-refractivity contribution is 9.15. The van der Waals surface area contributed by atoms with Crippen molar-refractivity contribution in [3.05, 3.63) is 52.2 Å². The maximum Gasteiger partial charge on any atom is 0.249 e. The molecular weight excluding hydrogens is 222 g/mol. The molecule has 0 aliphatic rings. The summed E-state index contributed by atoms with van der Waals surface area (Å²) in [5.41, 5.74) is 0.800. The molecule has 0 radical (unpaired) electrons. The molecule has 0 heterocycles. The number of rotatable bonds is 2. The van der Waals surface area contributed by atoms with Crippen LogP contribution in [-0.4, -0.2) is 4.92 Å². The summed E-state index contributed by atoms with van der Waals surface area (Å²) in [4.78, 5) is 9.59. The van der Waals surface area contributed by atoms with Gasteiger partial charge in [0, 0.05) is 0 Å². The lowest BCUT2D eigenvalue weighted by Crippen LogP contribution is -1.85. The highest BCUT2D eigenvalue weighted by atomic mass is 79.9. The van der Waals surface area contributed by atoms with E-state index in [0.29, 0.717) is 4.48 Å². The predicted molar refractivity (Wildman–Crippen MR) is 50.3 cm³/mol. The van der Waals surface area contributed by atoms with Crippen LogP contribution in [-0.2, 0) is 0 Å². The van der Waals surface area contributed by atoms with Crippen LogP contribution in [0.3, 0.4) is 0 Å². The first-order valence-corrected chi connectivity index (χ1v) is 4.05. The monoisotopic (exact) mass is 227 g/mol. The molecule has 3 nitrogen and oxygen atoms in total. The minimum atomic E-state index is -0.489. The van der Waals surface area contributed by atoms with E-state index in [1.54, 1.807) is 12.1 Å². The van der Waals surface area contributed by atoms with E-state index in [9.17, 15) is 10.1 Å². The lowest BCUT2D eigenvalue weighted by atomic mass is 10.2. The average Bonchev–Trinajstić information content (AvgIpc) is 2.05. The second-order valence-electron chi connectivity index (χ2n) is 2.13. The number of hydrogen-bond donors (Lipinski definition) is 0. The third kappa shape index (κ3) is 2.47. The minimum Gasteiger partial charge on any atom is -0.259 e. The highest BCUT2D eigenvalue weighted by Crippen LogP contribution is 2.19. The van der Waals surface area contributed by atoms with Crippen molar-refractivity contribution in [1.82, 2.24) is 0 Å². The van der Waals surface area contributed by atoms with E-state index < -0.39 is 4.92 Å². The molecule has 0 aliphatic heterocycles. The number of halogens is 1. The zero-order valence-electron chi connectivity index (χ0n) is 6.11. The largest absolute Gasteiger partial charge is 0.259 e. The Morgan fingerprint density at radius 2 is 2.00 bits per heavy atom. The van der Waals surface area contributed by atoms with Gasteiger partial charge >= 0.3 is 0 Å². The number of nitrogens with zero attached hydrogens (tertiary/aromatic N) is 1. The lowest BCUT2D eigenvalue weighted by Gasteiger charge is -1.93. The zero-order chi connectivity index (χ0) is 8.97. The van der Waals surface area contributed by atoms with Crippen LogP contribution in [0.4, 0.5) is 0 Å². The van der Waals surface area contributed by atoms with Crippen molar-refractivity contribution in [2.24, 2.45) is 0 Å². The number of nitro groups is 1. The molecule has 12 heavy (non-hydrogen) atoms. The predicted octanol–water partition coefficient (Wildman–Crippen LogP) is 2.66. The van der Waals surface area contributed by atoms with Crippen molar-refractivity contribution in [2.45, 2.75) is 0 Å². The van der Waals surface area contributed by atoms with E-state index in [4.69, 9.17) is 0 Å². The maximum absolute atomic E-state index is 10.1. The van der Waals surface area contributed by atoms with Crippen molar-refractivity contribution < 1.29 is 4.92 Å². The summed E-state index contributed by atoms with van der Waals surface area (Å²) in [6.07, 6.45) is 0.926. The molecule has 0 aliphatic carbocycles. The Bertz CT molecular complexity index is 308. The third-order valence-corrected chi connectivity index (χ3v) is 1.93. The smallest absolute Gasteiger partial charge is 0.249 e. The summed E-state index contributed by atoms with van der Waals surface area (Å²) >= 11 is 3.11. The molecule has 0 aromatic heterocycles. The molecule has 62 valence electrons. The highest BCUT2D eigenvalue weighted by Gasteiger charge is 1.99. The van der Waals surface area contributed by atoms with Gasteiger partial charge < -0.3 is 0 Å². The quantitative estimate of drug-likeness (QED) is 0.576. The van der Waals surface area contributed by atoms with Gasteiger partial charge in [-0.25, -0.2) is 0 Å². The SMILES string of the molecule is O=[N+]([O-])C=C(Br)c1ccccc1. The van der Waals surface area contributed by atoms with Gasteiger partial charge in [-0.2, -0.15) is 0 Å². The van der Waals surface area contributed by atoms with Gasteiger partial charge in [0.2, 0.25) is 6.20 Å². The normalized spacial score (nSPS) is 11.2. The zero-order valence-corrected chi connectivity index (χ0v) is 7.69. The van der Waals surface area contributed by atoms with Crippen LogP contribution in [0.5, 0.6) is 0 Å². The second kappa shape index (κ2) is 4.01. The van der Waals surface area contributed by atoms with E-state index in [1.165, 1.54) is 0 Å². The van der Waals surface area contributed by atoms with Gasteiger partial charge in [0.25, 0.3) is 0 Å². The van der Waals surface area contributed by atoms with Crippen LogP contribution in [0.2, 0.25) is 0 Å². The molecule has 1 rings (SSSR count). The van der Waals surface area contributed by atoms with Crippen LogP contribution in [0.25, 0.3) is 4.48 Å². The molecule has 1 aromatic carbocycles. The van der Waals surface area contributed by atoms with E-state index >= 15 is 0 Å². The Hall–Kier alpha value is -1.16. The van der Waals surface area contributed by atoms with Crippen LogP contribution < -0.4 is 0 Å². The lowest BCUT2D eigenvalue weighted by molar-refractivity contribution is -0.401. The van der Waals surface area contributed by atoms with Crippen LogP contribution in [0.15, 0.2) is 36.5 Å². The first kappa shape index (κ1) is 8.93. The fourth-order valence-electron chi connectivity index (χ4n) is 0.764. The van der Waals surface area contributed by atoms with Crippen molar-refractivity contribution in [3.8, 4) is 0 Å². The van der Waals surface area contributed by atoms with Crippen molar-refractivity contribution in [2.75, 3.05) is 0 Å². The molecule has 0 spiro atoms. The van der Waals surface area contributed by atoms with E-state index in [1.807, 2.05) is 18.2 Å². The van der Waals surface area contributed by atoms with Crippen molar-refractivity contribution in [1.29, 1.82) is 0 Å². The van der Waals surface area contributed by atoms with Crippen LogP contribution in [0.1, 0.15) is 5.56 Å². The Balaban J connectivity index is 2.93. The molecule has 0 saturated heterocycles. The van der Waals surface area contributed by atoms with Crippen molar-refractivity contribution in [3.63, 3.8) is 0 Å². The summed E-state index contributed by atoms with van der Waals surface area (Å²) in [5, 5.41) is 10.1. The van der Waals surface area contributed by atoms with Gasteiger partial charge in [-0.1, -0.05) is 30.3 Å². The molecule has 0 amide bonds. The Morgan fingerprint density at radius 1 is 1.42 bits per heavy atom. The first-order chi connectivity index (χ1) is 5.70. The maximum atomic E-state index is 10.1. The van der Waals surface area contributed by atoms with Crippen molar-refractivity contribution >= 4 is 20.4 Å². The summed E-state index contributed by atoms with van der Waals surface area (Å²) in [6.45, 7) is 0. The van der Waals surface area contributed by atoms with E-state index in [2.05, 4.69) is 15.9 Å². The topological polar surface area (TPSA) is 43.1 Å². The molecule has 0 fully saturated rings. The van der Waals surface area contributed by atoms with E-state index in [-0.39, 0.29) is 0 Å². The molecule has 1 aromatic rings. The van der Waals surface area contributed by atoms with E-state index in [0.717, 1.165) is 11.8 Å². The number of hydrogen-bond acceptors (Lipinski definition) is 2. The summed E-state index contributed by atoms with van der Waals surface area (Å²) < 4.78 is 0.480. The fourth-order valence-corrected chi connectivity index (χ4v) is 1.20. The molecule has 0 N–H and O–H groups in total. The van der Waals surface area contributed by atoms with Gasteiger partial charge in [-0.05, 0) is 21.5 Å². The summed E-state index contributed by atoms with van der Waals surface area (Å²) in [5.74, 6) is 0. The molecule has 0 unspecified atom stereocenters. The van der Waals surface area contributed by atoms with Gasteiger partial charge in [0.05, 0.1) is 9.41 Å². The first-order valence-electron chi connectivity index (χ1n) is 3.26. The Labute approximate surface area is 78.0 Å². The molecule has 0 saturated carbocycles. The van der Waals surface area contributed by atoms with Gasteiger partial charge in [-0.3, -0.25) is 10.1 Å². The van der Waals surface area contributed by atoms with Gasteiger partial charge in [-0.15, -0.1) is 0 Å². The molecular formula is C8H6BrNO2. The molecule has 0 atom stereocenters. The molecule has 0 bridgehead atoms. The summed E-state index contributed by atoms with van der Waals surface area (Å²) in [6, 6.07) is 9.10. The Morgan fingerprint density at radius 3 is 2.50 bits per heavy atom. The molecule has 4 heteroatoms. The van der Waals surface area contributed by atoms with Gasteiger partial charge in [0.1, 0.15) is 0 Å². The standard InChI is InChI=1S/C8H6BrNO2/c9-8(6-10(11)12)7-4-2-1-3-5-7/h1-6H. The Kier molecular flexibility index (Phi) is 2.99. The minimum absolute atomic E-state index is 0.480. The average molecular weight is 228 g/mol. The van der Waals surface area contributed by atoms with Crippen LogP contribution >= 0.6 is 15.9 Å². The fraction of sp³-hybridized carbons (Fsp3) is 0. The van der Waals surface area contributed by atoms with Crippen LogP contribution in [0, 0.1) is 10.1 Å². The summed E-state index contributed by atoms with van der Waals surface area (Å²) in [7, 11) is 0. The number of benzene rings is 1.